The van der Waals surface area contributed by atoms with Crippen molar-refractivity contribution in [2.75, 3.05) is 18.0 Å². The first kappa shape index (κ1) is 16.5. The molecule has 1 aromatic rings. The molecule has 0 aromatic heterocycles. The van der Waals surface area contributed by atoms with E-state index in [2.05, 4.69) is 12.2 Å². The van der Waals surface area contributed by atoms with Crippen LogP contribution in [0.5, 0.6) is 0 Å². The number of carbonyl (C=O) groups excluding carboxylic acids is 3. The Labute approximate surface area is 164 Å². The zero-order chi connectivity index (χ0) is 19.0. The lowest BCUT2D eigenvalue weighted by atomic mass is 9.63. The van der Waals surface area contributed by atoms with Crippen molar-refractivity contribution in [3.63, 3.8) is 0 Å². The summed E-state index contributed by atoms with van der Waals surface area (Å²) >= 11 is 0. The molecular weight excluding hydrogens is 352 g/mol. The maximum atomic E-state index is 13.2. The van der Waals surface area contributed by atoms with Gasteiger partial charge in [0.05, 0.1) is 17.5 Å². The summed E-state index contributed by atoms with van der Waals surface area (Å²) in [6.45, 7) is 1.62. The smallest absolute Gasteiger partial charge is 0.253 e. The number of nitrogens with zero attached hydrogens (tertiary/aromatic N) is 2. The second-order valence-corrected chi connectivity index (χ2v) is 9.07. The van der Waals surface area contributed by atoms with Gasteiger partial charge >= 0.3 is 0 Å². The lowest BCUT2D eigenvalue weighted by Crippen LogP contribution is -2.40. The van der Waals surface area contributed by atoms with Crippen molar-refractivity contribution in [2.45, 2.75) is 25.7 Å². The highest BCUT2D eigenvalue weighted by Crippen LogP contribution is 2.65. The van der Waals surface area contributed by atoms with Crippen LogP contribution in [0.1, 0.15) is 36.0 Å². The van der Waals surface area contributed by atoms with Crippen LogP contribution in [0.25, 0.3) is 0 Å². The Balaban J connectivity index is 1.26. The third-order valence-corrected chi connectivity index (χ3v) is 7.68. The van der Waals surface area contributed by atoms with Crippen LogP contribution in [-0.2, 0) is 9.59 Å². The predicted molar refractivity (Wildman–Crippen MR) is 103 cm³/mol. The number of amides is 3. The molecule has 2 saturated heterocycles. The largest absolute Gasteiger partial charge is 0.339 e. The van der Waals surface area contributed by atoms with Gasteiger partial charge < -0.3 is 4.90 Å². The Morgan fingerprint density at radius 3 is 1.96 bits per heavy atom. The van der Waals surface area contributed by atoms with Crippen molar-refractivity contribution in [3.8, 4) is 0 Å². The molecule has 0 unspecified atom stereocenters. The van der Waals surface area contributed by atoms with Gasteiger partial charge in [0.25, 0.3) is 5.91 Å². The summed E-state index contributed by atoms with van der Waals surface area (Å²) in [5.74, 6) is 1.28. The average molecular weight is 376 g/mol. The van der Waals surface area contributed by atoms with E-state index >= 15 is 0 Å². The molecule has 5 nitrogen and oxygen atoms in total. The van der Waals surface area contributed by atoms with Gasteiger partial charge in [-0.15, -0.1) is 0 Å². The van der Waals surface area contributed by atoms with Gasteiger partial charge in [0, 0.05) is 18.7 Å². The van der Waals surface area contributed by atoms with E-state index in [0.29, 0.717) is 23.1 Å². The van der Waals surface area contributed by atoms with E-state index in [0.717, 1.165) is 25.9 Å². The molecule has 2 heterocycles. The van der Waals surface area contributed by atoms with Gasteiger partial charge in [-0.3, -0.25) is 19.3 Å². The Kier molecular flexibility index (Phi) is 3.41. The predicted octanol–water partition coefficient (Wildman–Crippen LogP) is 2.87. The third kappa shape index (κ3) is 2.16. The van der Waals surface area contributed by atoms with Crippen molar-refractivity contribution in [3.05, 3.63) is 42.0 Å². The summed E-state index contributed by atoms with van der Waals surface area (Å²) in [7, 11) is 0. The van der Waals surface area contributed by atoms with Crippen LogP contribution in [0.3, 0.4) is 0 Å². The van der Waals surface area contributed by atoms with E-state index in [-0.39, 0.29) is 41.4 Å². The minimum absolute atomic E-state index is 0.0429. The van der Waals surface area contributed by atoms with Crippen LogP contribution in [-0.4, -0.2) is 35.7 Å². The summed E-state index contributed by atoms with van der Waals surface area (Å²) in [6, 6.07) is 7.05. The van der Waals surface area contributed by atoms with E-state index in [9.17, 15) is 14.4 Å². The van der Waals surface area contributed by atoms with Crippen LogP contribution in [0.2, 0.25) is 0 Å². The third-order valence-electron chi connectivity index (χ3n) is 7.68. The van der Waals surface area contributed by atoms with Crippen LogP contribution in [0.4, 0.5) is 5.69 Å². The number of likely N-dealkylation sites (tertiary alicyclic amines) is 1. The van der Waals surface area contributed by atoms with E-state index in [1.807, 2.05) is 4.90 Å². The highest BCUT2D eigenvalue weighted by atomic mass is 16.2. The van der Waals surface area contributed by atoms with Gasteiger partial charge in [0.2, 0.25) is 11.8 Å². The number of hydrogen-bond donors (Lipinski definition) is 0. The fraction of sp³-hybridized carbons (Fsp3) is 0.522. The first-order chi connectivity index (χ1) is 13.6. The molecular formula is C23H24N2O3. The second-order valence-electron chi connectivity index (χ2n) is 9.07. The summed E-state index contributed by atoms with van der Waals surface area (Å²) < 4.78 is 0. The maximum absolute atomic E-state index is 13.2. The Bertz CT molecular complexity index is 863. The average Bonchev–Trinajstić information content (AvgIpc) is 3.52. The molecule has 2 bridgehead atoms. The monoisotopic (exact) mass is 376 g/mol. The molecule has 3 amide bonds. The molecule has 1 aromatic carbocycles. The molecule has 4 aliphatic carbocycles. The minimum Gasteiger partial charge on any atom is -0.339 e. The molecule has 6 aliphatic rings. The van der Waals surface area contributed by atoms with Gasteiger partial charge in [0.15, 0.2) is 0 Å². The molecule has 5 heteroatoms. The maximum Gasteiger partial charge on any atom is 0.253 e. The number of benzene rings is 1. The van der Waals surface area contributed by atoms with Crippen molar-refractivity contribution in [1.29, 1.82) is 0 Å². The first-order valence-electron chi connectivity index (χ1n) is 10.6. The second kappa shape index (κ2) is 5.79. The van der Waals surface area contributed by atoms with E-state index in [1.54, 1.807) is 24.3 Å². The molecule has 0 radical (unpaired) electrons. The molecule has 28 heavy (non-hydrogen) atoms. The minimum atomic E-state index is -0.180. The molecule has 7 rings (SSSR count). The quantitative estimate of drug-likeness (QED) is 0.589. The summed E-state index contributed by atoms with van der Waals surface area (Å²) in [4.78, 5) is 42.3. The van der Waals surface area contributed by atoms with Crippen LogP contribution in [0.15, 0.2) is 36.4 Å². The highest BCUT2D eigenvalue weighted by molar-refractivity contribution is 6.22. The fourth-order valence-corrected chi connectivity index (χ4v) is 6.24. The van der Waals surface area contributed by atoms with Gasteiger partial charge in [-0.25, -0.2) is 0 Å². The van der Waals surface area contributed by atoms with Crippen LogP contribution < -0.4 is 4.90 Å². The molecule has 144 valence electrons. The summed E-state index contributed by atoms with van der Waals surface area (Å²) in [6.07, 6.45) is 8.85. The lowest BCUT2D eigenvalue weighted by Gasteiger charge is -2.37. The molecule has 4 fully saturated rings. The molecule has 6 atom stereocenters. The van der Waals surface area contributed by atoms with Gasteiger partial charge in [-0.2, -0.15) is 0 Å². The van der Waals surface area contributed by atoms with E-state index < -0.39 is 0 Å². The van der Waals surface area contributed by atoms with Crippen molar-refractivity contribution in [1.82, 2.24) is 4.90 Å². The number of carbonyl (C=O) groups is 3. The van der Waals surface area contributed by atoms with Crippen LogP contribution in [0, 0.1) is 35.5 Å². The van der Waals surface area contributed by atoms with Gasteiger partial charge in [-0.1, -0.05) is 12.2 Å². The Morgan fingerprint density at radius 1 is 0.821 bits per heavy atom. The van der Waals surface area contributed by atoms with E-state index in [1.165, 1.54) is 17.7 Å². The van der Waals surface area contributed by atoms with E-state index in [4.69, 9.17) is 0 Å². The standard InChI is InChI=1S/C23H24N2O3/c26-21(24-10-2-1-3-11-24)13-4-6-14(7-5-13)25-22(27)19-15-8-9-16(18-12-17(15)18)20(19)23(25)28/h4-9,15-20H,1-3,10-12H2/t15-,16-,17-,18+,19-,20+/m0/s1. The Morgan fingerprint density at radius 2 is 1.39 bits per heavy atom. The number of rotatable bonds is 2. The zero-order valence-electron chi connectivity index (χ0n) is 15.8. The summed E-state index contributed by atoms with van der Waals surface area (Å²) in [5, 5.41) is 0. The fourth-order valence-electron chi connectivity index (χ4n) is 6.24. The number of imide groups is 1. The number of hydrogen-bond acceptors (Lipinski definition) is 3. The van der Waals surface area contributed by atoms with Crippen molar-refractivity contribution in [2.24, 2.45) is 35.5 Å². The lowest BCUT2D eigenvalue weighted by molar-refractivity contribution is -0.124. The van der Waals surface area contributed by atoms with Gasteiger partial charge in [0.1, 0.15) is 0 Å². The van der Waals surface area contributed by atoms with Crippen LogP contribution >= 0.6 is 0 Å². The SMILES string of the molecule is O=C(c1ccc(N2C(=O)[C@@H]3[C@H]4C=C[C@@H]([C@@H]5C[C@H]45)[C@@H]3C2=O)cc1)N1CCCCC1. The highest BCUT2D eigenvalue weighted by Gasteiger charge is 2.67. The molecule has 2 saturated carbocycles. The summed E-state index contributed by atoms with van der Waals surface area (Å²) in [5.41, 5.74) is 1.23. The number of piperidine rings is 1. The number of anilines is 1. The topological polar surface area (TPSA) is 57.7 Å². The molecule has 0 spiro atoms. The zero-order valence-corrected chi connectivity index (χ0v) is 15.8. The van der Waals surface area contributed by atoms with Crippen molar-refractivity contribution >= 4 is 23.4 Å². The number of allylic oxidation sites excluding steroid dienone is 2. The Hall–Kier alpha value is -2.43. The normalized spacial score (nSPS) is 37.9. The first-order valence-corrected chi connectivity index (χ1v) is 10.6. The molecule has 2 aliphatic heterocycles. The molecule has 0 N–H and O–H groups in total. The van der Waals surface area contributed by atoms with Gasteiger partial charge in [-0.05, 0) is 73.6 Å². The van der Waals surface area contributed by atoms with Crippen molar-refractivity contribution < 1.29 is 14.4 Å².